The van der Waals surface area contributed by atoms with Crippen molar-refractivity contribution in [3.63, 3.8) is 0 Å². The summed E-state index contributed by atoms with van der Waals surface area (Å²) in [7, 11) is 0. The van der Waals surface area contributed by atoms with Gasteiger partial charge in [-0.1, -0.05) is 6.07 Å². The van der Waals surface area contributed by atoms with E-state index in [-0.39, 0.29) is 28.6 Å². The maximum Gasteiger partial charge on any atom is 0.270 e. The zero-order valence-electron chi connectivity index (χ0n) is 15.2. The summed E-state index contributed by atoms with van der Waals surface area (Å²) in [6.45, 7) is 1.96. The number of aliphatic imine (C=N–C) groups is 1. The molecule has 1 aromatic heterocycles. The highest BCUT2D eigenvalue weighted by molar-refractivity contribution is 5.87. The van der Waals surface area contributed by atoms with Gasteiger partial charge in [0, 0.05) is 30.0 Å². The largest absolute Gasteiger partial charge is 0.507 e. The molecule has 0 spiro atoms. The van der Waals surface area contributed by atoms with Crippen LogP contribution in [0.25, 0.3) is 22.6 Å². The van der Waals surface area contributed by atoms with Crippen molar-refractivity contribution in [2.45, 2.75) is 6.92 Å². The Morgan fingerprint density at radius 2 is 1.90 bits per heavy atom. The number of hydrogen-bond acceptors (Lipinski definition) is 7. The van der Waals surface area contributed by atoms with Crippen LogP contribution in [0.15, 0.2) is 64.0 Å². The van der Waals surface area contributed by atoms with Crippen molar-refractivity contribution in [3.05, 3.63) is 75.8 Å². The van der Waals surface area contributed by atoms with Crippen LogP contribution in [0.5, 0.6) is 11.5 Å². The number of aryl methyl sites for hydroxylation is 1. The van der Waals surface area contributed by atoms with E-state index in [9.17, 15) is 20.3 Å². The lowest BCUT2D eigenvalue weighted by atomic mass is 10.1. The maximum atomic E-state index is 10.9. The van der Waals surface area contributed by atoms with Crippen LogP contribution >= 0.6 is 0 Å². The monoisotopic (exact) mass is 389 g/mol. The number of aromatic nitrogens is 1. The molecular formula is C21H15N3O5. The van der Waals surface area contributed by atoms with Crippen molar-refractivity contribution in [1.82, 2.24) is 4.98 Å². The van der Waals surface area contributed by atoms with E-state index in [1.165, 1.54) is 30.5 Å². The molecule has 0 saturated carbocycles. The molecule has 2 N–H and O–H groups in total. The second-order valence-corrected chi connectivity index (χ2v) is 6.45. The van der Waals surface area contributed by atoms with Crippen LogP contribution in [0.3, 0.4) is 0 Å². The summed E-state index contributed by atoms with van der Waals surface area (Å²) in [5.41, 5.74) is 3.21. The predicted molar refractivity (Wildman–Crippen MR) is 108 cm³/mol. The van der Waals surface area contributed by atoms with Gasteiger partial charge in [0.15, 0.2) is 5.58 Å². The van der Waals surface area contributed by atoms with E-state index < -0.39 is 4.92 Å². The number of benzene rings is 3. The van der Waals surface area contributed by atoms with Crippen molar-refractivity contribution in [1.29, 1.82) is 0 Å². The van der Waals surface area contributed by atoms with Crippen LogP contribution in [0.1, 0.15) is 11.1 Å². The van der Waals surface area contributed by atoms with Crippen molar-refractivity contribution >= 4 is 28.7 Å². The lowest BCUT2D eigenvalue weighted by Gasteiger charge is -2.02. The standard InChI is InChI=1S/C21H15N3O5/c1-12-2-7-20-17(8-12)23-21(29-20)16-5-3-14(10-19(16)26)22-11-13-9-15(24(27)28)4-6-18(13)25/h2-11,25-26H,1H3. The van der Waals surface area contributed by atoms with E-state index in [4.69, 9.17) is 4.42 Å². The molecule has 0 unspecified atom stereocenters. The van der Waals surface area contributed by atoms with Gasteiger partial charge in [-0.15, -0.1) is 0 Å². The third kappa shape index (κ3) is 3.63. The number of nitro benzene ring substituents is 1. The van der Waals surface area contributed by atoms with Gasteiger partial charge < -0.3 is 14.6 Å². The van der Waals surface area contributed by atoms with Gasteiger partial charge in [0.05, 0.1) is 16.2 Å². The minimum Gasteiger partial charge on any atom is -0.507 e. The topological polar surface area (TPSA) is 122 Å². The third-order valence-electron chi connectivity index (χ3n) is 4.33. The summed E-state index contributed by atoms with van der Waals surface area (Å²) >= 11 is 0. The number of nitrogens with zero attached hydrogens (tertiary/aromatic N) is 3. The number of fused-ring (bicyclic) bond motifs is 1. The molecule has 1 heterocycles. The van der Waals surface area contributed by atoms with Crippen LogP contribution in [0.2, 0.25) is 0 Å². The van der Waals surface area contributed by atoms with Gasteiger partial charge in [0.1, 0.15) is 17.0 Å². The summed E-state index contributed by atoms with van der Waals surface area (Å²) in [4.78, 5) is 18.9. The Morgan fingerprint density at radius 1 is 1.07 bits per heavy atom. The van der Waals surface area contributed by atoms with Crippen molar-refractivity contribution < 1.29 is 19.6 Å². The van der Waals surface area contributed by atoms with E-state index >= 15 is 0 Å². The fourth-order valence-corrected chi connectivity index (χ4v) is 2.84. The Balaban J connectivity index is 1.64. The van der Waals surface area contributed by atoms with Gasteiger partial charge in [-0.05, 0) is 42.8 Å². The third-order valence-corrected chi connectivity index (χ3v) is 4.33. The maximum absolute atomic E-state index is 10.9. The minimum atomic E-state index is -0.556. The Bertz CT molecular complexity index is 1280. The molecule has 8 nitrogen and oxygen atoms in total. The van der Waals surface area contributed by atoms with Gasteiger partial charge in [-0.2, -0.15) is 0 Å². The molecule has 0 amide bonds. The first-order chi connectivity index (χ1) is 13.9. The average molecular weight is 389 g/mol. The molecule has 0 atom stereocenters. The number of phenols is 2. The quantitative estimate of drug-likeness (QED) is 0.292. The first-order valence-electron chi connectivity index (χ1n) is 8.63. The SMILES string of the molecule is Cc1ccc2oc(-c3ccc(N=Cc4cc([N+](=O)[O-])ccc4O)cc3O)nc2c1. The number of oxazole rings is 1. The Kier molecular flexibility index (Phi) is 4.44. The average Bonchev–Trinajstić information content (AvgIpc) is 3.10. The Hall–Kier alpha value is -4.20. The molecule has 3 aromatic carbocycles. The molecule has 0 radical (unpaired) electrons. The Morgan fingerprint density at radius 3 is 2.66 bits per heavy atom. The van der Waals surface area contributed by atoms with Crippen LogP contribution in [-0.2, 0) is 0 Å². The highest BCUT2D eigenvalue weighted by Crippen LogP contribution is 2.34. The summed E-state index contributed by atoms with van der Waals surface area (Å²) in [5.74, 6) is 0.0723. The van der Waals surface area contributed by atoms with Crippen LogP contribution in [0, 0.1) is 17.0 Å². The summed E-state index contributed by atoms with van der Waals surface area (Å²) in [5, 5.41) is 31.1. The number of nitro groups is 1. The minimum absolute atomic E-state index is 0.0776. The summed E-state index contributed by atoms with van der Waals surface area (Å²) in [6.07, 6.45) is 1.29. The lowest BCUT2D eigenvalue weighted by molar-refractivity contribution is -0.384. The smallest absolute Gasteiger partial charge is 0.270 e. The van der Waals surface area contributed by atoms with Crippen LogP contribution in [-0.4, -0.2) is 26.3 Å². The molecule has 144 valence electrons. The molecule has 4 aromatic rings. The summed E-state index contributed by atoms with van der Waals surface area (Å²) < 4.78 is 5.70. The van der Waals surface area contributed by atoms with E-state index in [2.05, 4.69) is 9.98 Å². The number of non-ortho nitro benzene ring substituents is 1. The second kappa shape index (κ2) is 7.08. The number of aromatic hydroxyl groups is 2. The molecule has 0 fully saturated rings. The van der Waals surface area contributed by atoms with Crippen molar-refractivity contribution in [3.8, 4) is 23.0 Å². The molecule has 0 bridgehead atoms. The number of rotatable bonds is 4. The highest BCUT2D eigenvalue weighted by Gasteiger charge is 2.13. The van der Waals surface area contributed by atoms with Crippen LogP contribution in [0.4, 0.5) is 11.4 Å². The van der Waals surface area contributed by atoms with Gasteiger partial charge >= 0.3 is 0 Å². The van der Waals surface area contributed by atoms with Gasteiger partial charge in [-0.25, -0.2) is 4.98 Å². The van der Waals surface area contributed by atoms with E-state index in [1.54, 1.807) is 12.1 Å². The molecule has 0 aliphatic heterocycles. The highest BCUT2D eigenvalue weighted by atomic mass is 16.6. The first-order valence-corrected chi connectivity index (χ1v) is 8.63. The zero-order valence-corrected chi connectivity index (χ0v) is 15.2. The predicted octanol–water partition coefficient (Wildman–Crippen LogP) is 4.87. The van der Waals surface area contributed by atoms with Gasteiger partial charge in [-0.3, -0.25) is 15.1 Å². The fraction of sp³-hybridized carbons (Fsp3) is 0.0476. The number of hydrogen-bond donors (Lipinski definition) is 2. The molecule has 0 aliphatic carbocycles. The molecule has 0 aliphatic rings. The normalized spacial score (nSPS) is 11.3. The fourth-order valence-electron chi connectivity index (χ4n) is 2.84. The molecule has 8 heteroatoms. The second-order valence-electron chi connectivity index (χ2n) is 6.45. The molecule has 29 heavy (non-hydrogen) atoms. The number of phenolic OH excluding ortho intramolecular Hbond substituents is 2. The van der Waals surface area contributed by atoms with Gasteiger partial charge in [0.2, 0.25) is 5.89 Å². The molecule has 0 saturated heterocycles. The first kappa shape index (κ1) is 18.2. The molecule has 4 rings (SSSR count). The van der Waals surface area contributed by atoms with E-state index in [1.807, 2.05) is 25.1 Å². The van der Waals surface area contributed by atoms with E-state index in [0.29, 0.717) is 22.4 Å². The van der Waals surface area contributed by atoms with Gasteiger partial charge in [0.25, 0.3) is 5.69 Å². The zero-order chi connectivity index (χ0) is 20.5. The molecular weight excluding hydrogens is 374 g/mol. The van der Waals surface area contributed by atoms with Crippen molar-refractivity contribution in [2.24, 2.45) is 4.99 Å². The lowest BCUT2D eigenvalue weighted by Crippen LogP contribution is -1.90. The van der Waals surface area contributed by atoms with E-state index in [0.717, 1.165) is 5.56 Å². The van der Waals surface area contributed by atoms with Crippen LogP contribution < -0.4 is 0 Å². The Labute approximate surface area is 164 Å². The van der Waals surface area contributed by atoms with Crippen molar-refractivity contribution in [2.75, 3.05) is 0 Å². The summed E-state index contributed by atoms with van der Waals surface area (Å²) in [6, 6.07) is 14.0.